The van der Waals surface area contributed by atoms with Crippen LogP contribution in [0.1, 0.15) is 56.4 Å². The highest BCUT2D eigenvalue weighted by Gasteiger charge is 2.42. The zero-order chi connectivity index (χ0) is 21.6. The molecule has 5 nitrogen and oxygen atoms in total. The van der Waals surface area contributed by atoms with Crippen LogP contribution in [-0.2, 0) is 6.42 Å². The van der Waals surface area contributed by atoms with E-state index in [0.29, 0.717) is 12.0 Å². The van der Waals surface area contributed by atoms with Crippen molar-refractivity contribution in [2.24, 2.45) is 0 Å². The van der Waals surface area contributed by atoms with E-state index in [2.05, 4.69) is 67.0 Å². The van der Waals surface area contributed by atoms with E-state index < -0.39 is 0 Å². The van der Waals surface area contributed by atoms with Crippen molar-refractivity contribution in [1.82, 2.24) is 20.1 Å². The summed E-state index contributed by atoms with van der Waals surface area (Å²) in [4.78, 5) is 20.9. The maximum Gasteiger partial charge on any atom is 0.317 e. The molecule has 3 unspecified atom stereocenters. The largest absolute Gasteiger partial charge is 0.357 e. The van der Waals surface area contributed by atoms with Crippen LogP contribution in [0.5, 0.6) is 0 Å². The molecule has 1 aliphatic carbocycles. The second kappa shape index (κ2) is 8.83. The number of fused-ring (bicyclic) bond motifs is 2. The molecule has 1 fully saturated rings. The molecule has 2 N–H and O–H groups in total. The fourth-order valence-corrected chi connectivity index (χ4v) is 6.39. The number of urea groups is 1. The summed E-state index contributed by atoms with van der Waals surface area (Å²) in [5.41, 5.74) is 5.35. The van der Waals surface area contributed by atoms with Crippen molar-refractivity contribution in [2.75, 3.05) is 26.2 Å². The molecular weight excluding hydrogens is 508 g/mol. The summed E-state index contributed by atoms with van der Waals surface area (Å²) in [7, 11) is 0. The first-order valence-corrected chi connectivity index (χ1v) is 12.8. The van der Waals surface area contributed by atoms with Gasteiger partial charge >= 0.3 is 6.03 Å². The maximum absolute atomic E-state index is 12.8. The van der Waals surface area contributed by atoms with Gasteiger partial charge in [-0.15, -0.1) is 0 Å². The van der Waals surface area contributed by atoms with Gasteiger partial charge in [-0.1, -0.05) is 6.92 Å². The molecule has 0 radical (unpaired) electrons. The fraction of sp³-hybridized carbons (Fsp3) is 0.609. The summed E-state index contributed by atoms with van der Waals surface area (Å²) in [6.07, 6.45) is 3.19. The third kappa shape index (κ3) is 3.71. The summed E-state index contributed by atoms with van der Waals surface area (Å²) in [6, 6.07) is 3.03. The smallest absolute Gasteiger partial charge is 0.317 e. The SMILES string of the molecule is CCCN1CC(NC(=O)N(CC)CC)CC2c3cc(Br)c(Br)c4[nH]c(C)c(c34)CC21. The Morgan fingerprint density at radius 2 is 2.03 bits per heavy atom. The lowest BCUT2D eigenvalue weighted by Crippen LogP contribution is -2.57. The highest BCUT2D eigenvalue weighted by Crippen LogP contribution is 2.48. The number of benzene rings is 1. The van der Waals surface area contributed by atoms with Gasteiger partial charge in [0.2, 0.25) is 0 Å². The normalized spacial score (nSPS) is 23.5. The Hall–Kier alpha value is -1.05. The number of likely N-dealkylation sites (tertiary alicyclic amines) is 1. The van der Waals surface area contributed by atoms with Gasteiger partial charge in [0.05, 0.1) is 9.99 Å². The van der Waals surface area contributed by atoms with Crippen molar-refractivity contribution in [3.05, 3.63) is 31.8 Å². The summed E-state index contributed by atoms with van der Waals surface area (Å²) >= 11 is 7.53. The minimum Gasteiger partial charge on any atom is -0.357 e. The van der Waals surface area contributed by atoms with Crippen LogP contribution in [0.3, 0.4) is 0 Å². The summed E-state index contributed by atoms with van der Waals surface area (Å²) in [5, 5.41) is 4.73. The van der Waals surface area contributed by atoms with Crippen molar-refractivity contribution in [1.29, 1.82) is 0 Å². The molecule has 1 aromatic heterocycles. The first-order valence-electron chi connectivity index (χ1n) is 11.2. The third-order valence-corrected chi connectivity index (χ3v) is 8.93. The van der Waals surface area contributed by atoms with Crippen LogP contribution in [0.2, 0.25) is 0 Å². The number of halogens is 2. The van der Waals surface area contributed by atoms with Gasteiger partial charge in [-0.3, -0.25) is 4.90 Å². The van der Waals surface area contributed by atoms with Gasteiger partial charge in [-0.05, 0) is 95.6 Å². The van der Waals surface area contributed by atoms with E-state index in [4.69, 9.17) is 0 Å². The lowest BCUT2D eigenvalue weighted by Gasteiger charge is -2.47. The molecule has 0 saturated carbocycles. The highest BCUT2D eigenvalue weighted by atomic mass is 79.9. The van der Waals surface area contributed by atoms with E-state index >= 15 is 0 Å². The number of hydrogen-bond donors (Lipinski definition) is 2. The monoisotopic (exact) mass is 538 g/mol. The molecule has 2 amide bonds. The van der Waals surface area contributed by atoms with Gasteiger partial charge < -0.3 is 15.2 Å². The predicted molar refractivity (Wildman–Crippen MR) is 130 cm³/mol. The number of amides is 2. The number of carbonyl (C=O) groups excluding carboxylic acids is 1. The molecule has 0 spiro atoms. The quantitative estimate of drug-likeness (QED) is 0.523. The first kappa shape index (κ1) is 22.2. The Morgan fingerprint density at radius 3 is 2.70 bits per heavy atom. The maximum atomic E-state index is 12.8. The number of carbonyl (C=O) groups is 1. The van der Waals surface area contributed by atoms with E-state index in [1.807, 2.05) is 18.7 Å². The van der Waals surface area contributed by atoms with E-state index in [0.717, 1.165) is 54.4 Å². The van der Waals surface area contributed by atoms with Crippen molar-refractivity contribution >= 4 is 48.8 Å². The number of nitrogens with zero attached hydrogens (tertiary/aromatic N) is 2. The van der Waals surface area contributed by atoms with Crippen LogP contribution in [-0.4, -0.2) is 59.1 Å². The molecule has 4 rings (SSSR count). The van der Waals surface area contributed by atoms with Gasteiger partial charge in [-0.25, -0.2) is 4.79 Å². The molecular formula is C23H32Br2N4O. The summed E-state index contributed by atoms with van der Waals surface area (Å²) in [6.45, 7) is 12.0. The second-order valence-corrected chi connectivity index (χ2v) is 10.3. The summed E-state index contributed by atoms with van der Waals surface area (Å²) < 4.78 is 2.19. The number of hydrogen-bond acceptors (Lipinski definition) is 2. The number of aromatic amines is 1. The van der Waals surface area contributed by atoms with Gasteiger partial charge in [0.1, 0.15) is 0 Å². The van der Waals surface area contributed by atoms with Crippen molar-refractivity contribution < 1.29 is 4.79 Å². The van der Waals surface area contributed by atoms with Crippen LogP contribution in [0.25, 0.3) is 10.9 Å². The molecule has 30 heavy (non-hydrogen) atoms. The molecule has 1 saturated heterocycles. The Labute approximate surface area is 196 Å². The third-order valence-electron chi connectivity index (χ3n) is 6.95. The number of rotatable bonds is 5. The Morgan fingerprint density at radius 1 is 1.30 bits per heavy atom. The van der Waals surface area contributed by atoms with Gasteiger partial charge in [0.25, 0.3) is 0 Å². The zero-order valence-corrected chi connectivity index (χ0v) is 21.5. The van der Waals surface area contributed by atoms with Gasteiger partial charge in [0.15, 0.2) is 0 Å². The molecule has 1 aliphatic heterocycles. The van der Waals surface area contributed by atoms with E-state index in [9.17, 15) is 4.79 Å². The molecule has 0 bridgehead atoms. The predicted octanol–water partition coefficient (Wildman–Crippen LogP) is 5.55. The summed E-state index contributed by atoms with van der Waals surface area (Å²) in [5.74, 6) is 0.418. The minimum absolute atomic E-state index is 0.0658. The van der Waals surface area contributed by atoms with Crippen molar-refractivity contribution in [3.63, 3.8) is 0 Å². The number of aryl methyl sites for hydroxylation is 1. The van der Waals surface area contributed by atoms with Crippen LogP contribution >= 0.6 is 31.9 Å². The Bertz CT molecular complexity index is 953. The van der Waals surface area contributed by atoms with Crippen LogP contribution in [0.15, 0.2) is 15.0 Å². The van der Waals surface area contributed by atoms with E-state index in [1.54, 1.807) is 0 Å². The number of aromatic nitrogens is 1. The highest BCUT2D eigenvalue weighted by molar-refractivity contribution is 9.13. The second-order valence-electron chi connectivity index (χ2n) is 8.67. The van der Waals surface area contributed by atoms with Crippen LogP contribution in [0.4, 0.5) is 4.79 Å². The number of piperidine rings is 1. The average molecular weight is 540 g/mol. The Kier molecular flexibility index (Phi) is 6.52. The molecule has 7 heteroatoms. The number of nitrogens with one attached hydrogen (secondary N) is 2. The molecule has 164 valence electrons. The number of H-pyrrole nitrogens is 1. The van der Waals surface area contributed by atoms with Crippen LogP contribution < -0.4 is 5.32 Å². The standard InChI is InChI=1S/C23H32Br2N4O/c1-5-8-29-12-14(27-23(30)28(6-2)7-3)9-16-17-10-18(24)21(25)22-20(17)15(11-19(16)29)13(4)26-22/h10,14,16,19,26H,5-9,11-12H2,1-4H3,(H,27,30). The minimum atomic E-state index is 0.0658. The topological polar surface area (TPSA) is 51.4 Å². The van der Waals surface area contributed by atoms with Gasteiger partial charge in [0, 0.05) is 53.2 Å². The van der Waals surface area contributed by atoms with Crippen molar-refractivity contribution in [3.8, 4) is 0 Å². The van der Waals surface area contributed by atoms with E-state index in [1.165, 1.54) is 27.7 Å². The lowest BCUT2D eigenvalue weighted by molar-refractivity contribution is 0.0978. The average Bonchev–Trinajstić information content (AvgIpc) is 3.05. The zero-order valence-electron chi connectivity index (χ0n) is 18.3. The van der Waals surface area contributed by atoms with Gasteiger partial charge in [-0.2, -0.15) is 0 Å². The fourth-order valence-electron chi connectivity index (χ4n) is 5.54. The molecule has 3 atom stereocenters. The molecule has 2 heterocycles. The lowest BCUT2D eigenvalue weighted by atomic mass is 9.73. The van der Waals surface area contributed by atoms with Crippen molar-refractivity contribution in [2.45, 2.75) is 65.0 Å². The molecule has 1 aromatic carbocycles. The van der Waals surface area contributed by atoms with E-state index in [-0.39, 0.29) is 12.1 Å². The molecule has 2 aromatic rings. The van der Waals surface area contributed by atoms with Crippen LogP contribution in [0, 0.1) is 6.92 Å². The molecule has 2 aliphatic rings. The Balaban J connectivity index is 1.72. The first-order chi connectivity index (χ1) is 14.4.